The lowest BCUT2D eigenvalue weighted by molar-refractivity contribution is 0.101. The van der Waals surface area contributed by atoms with Crippen molar-refractivity contribution in [2.75, 3.05) is 0 Å². The van der Waals surface area contributed by atoms with E-state index in [-0.39, 0.29) is 11.6 Å². The van der Waals surface area contributed by atoms with Crippen molar-refractivity contribution in [3.63, 3.8) is 0 Å². The minimum absolute atomic E-state index is 0.0455. The molecule has 0 aliphatic heterocycles. The van der Waals surface area contributed by atoms with Crippen molar-refractivity contribution in [1.29, 1.82) is 0 Å². The molecule has 0 spiro atoms. The lowest BCUT2D eigenvalue weighted by atomic mass is 9.95. The third-order valence-corrected chi connectivity index (χ3v) is 3.14. The molecule has 1 nitrogen and oxygen atoms in total. The van der Waals surface area contributed by atoms with Crippen molar-refractivity contribution >= 4 is 5.78 Å². The van der Waals surface area contributed by atoms with Crippen LogP contribution in [0.3, 0.4) is 0 Å². The molecule has 98 valence electrons. The van der Waals surface area contributed by atoms with Gasteiger partial charge in [0.05, 0.1) is 0 Å². The number of hydrogen-bond donors (Lipinski definition) is 0. The van der Waals surface area contributed by atoms with Crippen LogP contribution in [-0.2, 0) is 6.42 Å². The third kappa shape index (κ3) is 3.08. The first-order chi connectivity index (χ1) is 9.11. The van der Waals surface area contributed by atoms with Gasteiger partial charge in [0.15, 0.2) is 5.78 Å². The lowest BCUT2D eigenvalue weighted by Gasteiger charge is -2.09. The van der Waals surface area contributed by atoms with Gasteiger partial charge in [0.1, 0.15) is 5.82 Å². The number of carbonyl (C=O) groups excluding carboxylic acids is 1. The van der Waals surface area contributed by atoms with E-state index in [1.807, 2.05) is 18.2 Å². The molecule has 0 aliphatic carbocycles. The Bertz CT molecular complexity index is 602. The van der Waals surface area contributed by atoms with Crippen LogP contribution in [0.25, 0.3) is 11.1 Å². The van der Waals surface area contributed by atoms with Crippen LogP contribution in [0.15, 0.2) is 42.5 Å². The number of hydrogen-bond acceptors (Lipinski definition) is 1. The van der Waals surface area contributed by atoms with Gasteiger partial charge in [-0.2, -0.15) is 0 Å². The molecule has 0 atom stereocenters. The van der Waals surface area contributed by atoms with Gasteiger partial charge in [0.2, 0.25) is 0 Å². The van der Waals surface area contributed by atoms with Gasteiger partial charge < -0.3 is 0 Å². The minimum atomic E-state index is -0.319. The van der Waals surface area contributed by atoms with Gasteiger partial charge in [0, 0.05) is 5.56 Å². The Labute approximate surface area is 113 Å². The van der Waals surface area contributed by atoms with Crippen LogP contribution in [0.4, 0.5) is 4.39 Å². The second kappa shape index (κ2) is 5.79. The summed E-state index contributed by atoms with van der Waals surface area (Å²) >= 11 is 0. The Hall–Kier alpha value is -1.96. The number of carbonyl (C=O) groups is 1. The van der Waals surface area contributed by atoms with E-state index in [0.717, 1.165) is 18.4 Å². The van der Waals surface area contributed by atoms with Crippen LogP contribution in [-0.4, -0.2) is 5.78 Å². The second-order valence-corrected chi connectivity index (χ2v) is 4.70. The highest BCUT2D eigenvalue weighted by Crippen LogP contribution is 2.26. The van der Waals surface area contributed by atoms with Crippen molar-refractivity contribution in [3.05, 3.63) is 59.4 Å². The number of benzene rings is 2. The molecule has 2 aromatic carbocycles. The van der Waals surface area contributed by atoms with Crippen molar-refractivity contribution in [3.8, 4) is 11.1 Å². The molecule has 0 aromatic heterocycles. The van der Waals surface area contributed by atoms with E-state index in [9.17, 15) is 9.18 Å². The summed E-state index contributed by atoms with van der Waals surface area (Å²) in [4.78, 5) is 11.6. The van der Waals surface area contributed by atoms with Crippen molar-refractivity contribution < 1.29 is 9.18 Å². The van der Waals surface area contributed by atoms with Crippen LogP contribution >= 0.6 is 0 Å². The quantitative estimate of drug-likeness (QED) is 0.728. The first kappa shape index (κ1) is 13.5. The van der Waals surface area contributed by atoms with E-state index in [0.29, 0.717) is 11.1 Å². The van der Waals surface area contributed by atoms with Gasteiger partial charge in [0.25, 0.3) is 0 Å². The molecule has 0 bridgehead atoms. The van der Waals surface area contributed by atoms with Crippen LogP contribution in [0.5, 0.6) is 0 Å². The molecule has 0 amide bonds. The van der Waals surface area contributed by atoms with Crippen LogP contribution < -0.4 is 0 Å². The summed E-state index contributed by atoms with van der Waals surface area (Å²) in [5.74, 6) is -0.364. The fourth-order valence-corrected chi connectivity index (χ4v) is 2.25. The standard InChI is InChI=1S/C17H17FO/c1-3-5-13-6-4-7-14(10-13)17-11-15(18)8-9-16(17)12(2)19/h4,6-11H,3,5H2,1-2H3. The van der Waals surface area contributed by atoms with E-state index >= 15 is 0 Å². The molecular formula is C17H17FO. The fourth-order valence-electron chi connectivity index (χ4n) is 2.25. The Morgan fingerprint density at radius 1 is 1.16 bits per heavy atom. The van der Waals surface area contributed by atoms with E-state index in [4.69, 9.17) is 0 Å². The van der Waals surface area contributed by atoms with Crippen LogP contribution in [0.2, 0.25) is 0 Å². The van der Waals surface area contributed by atoms with Gasteiger partial charge in [-0.1, -0.05) is 37.6 Å². The molecular weight excluding hydrogens is 239 g/mol. The normalized spacial score (nSPS) is 10.5. The summed E-state index contributed by atoms with van der Waals surface area (Å²) in [6, 6.07) is 12.3. The predicted molar refractivity (Wildman–Crippen MR) is 75.8 cm³/mol. The smallest absolute Gasteiger partial charge is 0.160 e. The second-order valence-electron chi connectivity index (χ2n) is 4.70. The van der Waals surface area contributed by atoms with Gasteiger partial charge in [-0.15, -0.1) is 0 Å². The average molecular weight is 256 g/mol. The van der Waals surface area contributed by atoms with E-state index in [2.05, 4.69) is 13.0 Å². The molecule has 0 saturated heterocycles. The number of aryl methyl sites for hydroxylation is 1. The maximum atomic E-state index is 13.4. The summed E-state index contributed by atoms with van der Waals surface area (Å²) in [6.45, 7) is 3.63. The van der Waals surface area contributed by atoms with E-state index < -0.39 is 0 Å². The molecule has 19 heavy (non-hydrogen) atoms. The zero-order valence-corrected chi connectivity index (χ0v) is 11.2. The highest BCUT2D eigenvalue weighted by molar-refractivity contribution is 6.00. The number of halogens is 1. The van der Waals surface area contributed by atoms with Gasteiger partial charge >= 0.3 is 0 Å². The van der Waals surface area contributed by atoms with Crippen molar-refractivity contribution in [2.45, 2.75) is 26.7 Å². The summed E-state index contributed by atoms with van der Waals surface area (Å²) in [5.41, 5.74) is 3.34. The van der Waals surface area contributed by atoms with E-state index in [1.54, 1.807) is 6.07 Å². The SMILES string of the molecule is CCCc1cccc(-c2cc(F)ccc2C(C)=O)c1. The Kier molecular flexibility index (Phi) is 4.10. The predicted octanol–water partition coefficient (Wildman–Crippen LogP) is 4.65. The molecule has 0 unspecified atom stereocenters. The van der Waals surface area contributed by atoms with Gasteiger partial charge in [-0.3, -0.25) is 4.79 Å². The summed E-state index contributed by atoms with van der Waals surface area (Å²) < 4.78 is 13.4. The molecule has 2 aromatic rings. The molecule has 0 radical (unpaired) electrons. The maximum absolute atomic E-state index is 13.4. The molecule has 0 N–H and O–H groups in total. The molecule has 0 aliphatic rings. The number of Topliss-reactive ketones (excluding diaryl/α,β-unsaturated/α-hetero) is 1. The highest BCUT2D eigenvalue weighted by Gasteiger charge is 2.10. The average Bonchev–Trinajstić information content (AvgIpc) is 2.39. The summed E-state index contributed by atoms with van der Waals surface area (Å²) in [7, 11) is 0. The Morgan fingerprint density at radius 2 is 1.95 bits per heavy atom. The Balaban J connectivity index is 2.54. The largest absolute Gasteiger partial charge is 0.294 e. The molecule has 0 saturated carbocycles. The Morgan fingerprint density at radius 3 is 2.63 bits per heavy atom. The first-order valence-corrected chi connectivity index (χ1v) is 6.51. The van der Waals surface area contributed by atoms with Crippen molar-refractivity contribution in [1.82, 2.24) is 0 Å². The van der Waals surface area contributed by atoms with E-state index in [1.165, 1.54) is 24.6 Å². The summed E-state index contributed by atoms with van der Waals surface area (Å²) in [5, 5.41) is 0. The minimum Gasteiger partial charge on any atom is -0.294 e. The first-order valence-electron chi connectivity index (χ1n) is 6.51. The van der Waals surface area contributed by atoms with Crippen LogP contribution in [0.1, 0.15) is 36.2 Å². The monoisotopic (exact) mass is 256 g/mol. The van der Waals surface area contributed by atoms with Gasteiger partial charge in [-0.25, -0.2) is 4.39 Å². The van der Waals surface area contributed by atoms with Crippen molar-refractivity contribution in [2.24, 2.45) is 0 Å². The molecule has 0 fully saturated rings. The van der Waals surface area contributed by atoms with Gasteiger partial charge in [-0.05, 0) is 48.2 Å². The summed E-state index contributed by atoms with van der Waals surface area (Å²) in [6.07, 6.45) is 2.05. The fraction of sp³-hybridized carbons (Fsp3) is 0.235. The number of rotatable bonds is 4. The zero-order chi connectivity index (χ0) is 13.8. The molecule has 0 heterocycles. The molecule has 2 rings (SSSR count). The maximum Gasteiger partial charge on any atom is 0.160 e. The molecule has 2 heteroatoms. The third-order valence-electron chi connectivity index (χ3n) is 3.14. The number of ketones is 1. The van der Waals surface area contributed by atoms with Crippen LogP contribution in [0, 0.1) is 5.82 Å². The highest BCUT2D eigenvalue weighted by atomic mass is 19.1. The topological polar surface area (TPSA) is 17.1 Å². The zero-order valence-electron chi connectivity index (χ0n) is 11.2. The lowest BCUT2D eigenvalue weighted by Crippen LogP contribution is -1.97.